The van der Waals surface area contributed by atoms with Crippen LogP contribution in [0.4, 0.5) is 0 Å². The molecule has 356 valence electrons. The first kappa shape index (κ1) is 62.2. The molecule has 0 atom stereocenters. The number of hydrogen-bond acceptors (Lipinski definition) is 14. The number of esters is 2. The SMILES string of the molecule is CC(C)(CO)CO.COC(=O)/C(C#N)=C(\c1ccc(OC)cc1)c1ccc2ccccc2c1.COc1ccc(/C(=C(/C#N)C(=O)OCC(C)(C)CO)c2ccc3ccccc3c2)cc1.O=CO[O-].[H-].[Na+].[Na+]. The molecule has 6 aromatic rings. The fraction of sp³-hybridized carbons (Fsp3) is 0.241. The van der Waals surface area contributed by atoms with Gasteiger partial charge >= 0.3 is 71.1 Å². The quantitative estimate of drug-likeness (QED) is 0.0268. The smallest absolute Gasteiger partial charge is 1.00 e. The van der Waals surface area contributed by atoms with Gasteiger partial charge in [-0.25, -0.2) is 9.59 Å². The molecular weight excluding hydrogens is 915 g/mol. The van der Waals surface area contributed by atoms with Crippen LogP contribution in [0.25, 0.3) is 32.7 Å². The van der Waals surface area contributed by atoms with Gasteiger partial charge in [0.15, 0.2) is 0 Å². The van der Waals surface area contributed by atoms with Crippen LogP contribution in [-0.2, 0) is 28.7 Å². The third-order valence-corrected chi connectivity index (χ3v) is 10.1. The Morgan fingerprint density at radius 1 is 0.571 bits per heavy atom. The largest absolute Gasteiger partial charge is 1.00 e. The Morgan fingerprint density at radius 3 is 1.21 bits per heavy atom. The molecule has 0 unspecified atom stereocenters. The van der Waals surface area contributed by atoms with Crippen LogP contribution in [0.15, 0.2) is 145 Å². The van der Waals surface area contributed by atoms with Gasteiger partial charge in [-0.15, -0.1) is 0 Å². The molecule has 0 spiro atoms. The first-order chi connectivity index (χ1) is 32.6. The maximum Gasteiger partial charge on any atom is 1.00 e. The van der Waals surface area contributed by atoms with Gasteiger partial charge in [0.2, 0.25) is 0 Å². The molecule has 0 aliphatic carbocycles. The monoisotopic (exact) mass is 970 g/mol. The number of nitrogens with zero attached hydrogens (tertiary/aromatic N) is 2. The van der Waals surface area contributed by atoms with Crippen molar-refractivity contribution in [2.75, 3.05) is 47.8 Å². The van der Waals surface area contributed by atoms with Crippen LogP contribution in [0.1, 0.15) is 51.4 Å². The molecule has 0 heterocycles. The van der Waals surface area contributed by atoms with E-state index in [1.807, 2.05) is 121 Å². The second-order valence-corrected chi connectivity index (χ2v) is 16.4. The summed E-state index contributed by atoms with van der Waals surface area (Å²) in [5.41, 5.74) is 2.95. The van der Waals surface area contributed by atoms with Gasteiger partial charge in [0, 0.05) is 22.0 Å². The van der Waals surface area contributed by atoms with Crippen molar-refractivity contribution in [1.29, 1.82) is 10.5 Å². The minimum Gasteiger partial charge on any atom is -1.00 e. The van der Waals surface area contributed by atoms with Gasteiger partial charge in [-0.3, -0.25) is 4.79 Å². The van der Waals surface area contributed by atoms with Crippen LogP contribution in [0, 0.1) is 33.5 Å². The second-order valence-electron chi connectivity index (χ2n) is 16.4. The van der Waals surface area contributed by atoms with Crippen LogP contribution in [0.5, 0.6) is 11.5 Å². The fourth-order valence-corrected chi connectivity index (χ4v) is 6.05. The van der Waals surface area contributed by atoms with Crippen molar-refractivity contribution in [2.45, 2.75) is 27.7 Å². The van der Waals surface area contributed by atoms with E-state index in [-0.39, 0.29) is 110 Å². The van der Waals surface area contributed by atoms with E-state index in [1.165, 1.54) is 7.11 Å². The molecule has 0 saturated heterocycles. The van der Waals surface area contributed by atoms with Crippen molar-refractivity contribution in [1.82, 2.24) is 0 Å². The summed E-state index contributed by atoms with van der Waals surface area (Å²) in [6.45, 7) is 6.93. The Morgan fingerprint density at radius 2 is 0.914 bits per heavy atom. The van der Waals surface area contributed by atoms with E-state index in [2.05, 4.69) is 4.89 Å². The zero-order chi connectivity index (χ0) is 50.3. The van der Waals surface area contributed by atoms with Gasteiger partial charge in [-0.05, 0) is 80.2 Å². The summed E-state index contributed by atoms with van der Waals surface area (Å²) < 4.78 is 20.7. The van der Waals surface area contributed by atoms with Crippen molar-refractivity contribution in [3.05, 3.63) is 167 Å². The summed E-state index contributed by atoms with van der Waals surface area (Å²) in [6.07, 6.45) is 0. The minimum absolute atomic E-state index is 0. The van der Waals surface area contributed by atoms with Gasteiger partial charge < -0.3 is 45.8 Å². The Bertz CT molecular complexity index is 2780. The molecule has 0 fully saturated rings. The third-order valence-electron chi connectivity index (χ3n) is 10.1. The molecule has 14 nitrogen and oxygen atoms in total. The summed E-state index contributed by atoms with van der Waals surface area (Å²) in [5, 5.41) is 58.4. The molecule has 3 N–H and O–H groups in total. The number of ether oxygens (including phenoxy) is 4. The van der Waals surface area contributed by atoms with Gasteiger partial charge in [0.25, 0.3) is 6.47 Å². The van der Waals surface area contributed by atoms with E-state index in [4.69, 9.17) is 39.2 Å². The Kier molecular flexibility index (Phi) is 27.9. The summed E-state index contributed by atoms with van der Waals surface area (Å²) in [4.78, 5) is 36.3. The third kappa shape index (κ3) is 18.5. The second kappa shape index (κ2) is 31.4. The maximum absolute atomic E-state index is 12.9. The zero-order valence-electron chi connectivity index (χ0n) is 42.0. The Hall–Kier alpha value is -5.85. The Labute approximate surface area is 454 Å². The Balaban J connectivity index is 0.00000111. The van der Waals surface area contributed by atoms with Crippen molar-refractivity contribution in [2.24, 2.45) is 10.8 Å². The number of nitriles is 2. The number of benzene rings is 6. The van der Waals surface area contributed by atoms with Gasteiger partial charge in [0.05, 0.1) is 47.8 Å². The standard InChI is InChI=1S/C26H25NO4.C22H17NO3.C5H12O2.CH2O3.2Na.H/c1-26(2,16-28)17-31-25(29)23(15-27)24(19-10-12-22(30-3)13-11-19)21-9-8-18-6-4-5-7-20(18)14-21;1-25-19-11-9-16(10-12-19)21(20(14-23)22(24)26-2)18-8-7-15-5-3-4-6-17(15)13-18;1-5(2,3-6)4-7;2-1-4-3;;;/h4-14,28H,16-17H2,1-3H3;3-13H,1-2H3;6-7H,3-4H2,1-2H3;1,3H;;;/q;;;;2*+1;-1/p-1/b24-23+;21-20+;;;;;. The van der Waals surface area contributed by atoms with Gasteiger partial charge in [-0.1, -0.05) is 125 Å². The van der Waals surface area contributed by atoms with Crippen LogP contribution < -0.4 is 73.8 Å². The molecule has 0 aliphatic heterocycles. The average molecular weight is 971 g/mol. The summed E-state index contributed by atoms with van der Waals surface area (Å²) >= 11 is 0. The number of methoxy groups -OCH3 is 3. The number of carbonyl (C=O) groups is 3. The molecule has 70 heavy (non-hydrogen) atoms. The molecule has 0 saturated carbocycles. The normalized spacial score (nSPS) is 11.1. The zero-order valence-corrected chi connectivity index (χ0v) is 45.0. The number of aliphatic hydroxyl groups excluding tert-OH is 3. The molecule has 0 amide bonds. The number of fused-ring (bicyclic) bond motifs is 2. The minimum atomic E-state index is -0.719. The van der Waals surface area contributed by atoms with E-state index >= 15 is 0 Å². The molecule has 0 aliphatic rings. The predicted octanol–water partition coefficient (Wildman–Crippen LogP) is 1.63. The first-order valence-corrected chi connectivity index (χ1v) is 21.0. The van der Waals surface area contributed by atoms with Crippen molar-refractivity contribution in [3.63, 3.8) is 0 Å². The van der Waals surface area contributed by atoms with E-state index in [1.54, 1.807) is 66.2 Å². The van der Waals surface area contributed by atoms with E-state index in [0.717, 1.165) is 38.2 Å². The number of aliphatic hydroxyl groups is 3. The maximum atomic E-state index is 12.9. The van der Waals surface area contributed by atoms with E-state index in [9.17, 15) is 25.2 Å². The van der Waals surface area contributed by atoms with Crippen LogP contribution >= 0.6 is 0 Å². The number of rotatable bonds is 14. The van der Waals surface area contributed by atoms with E-state index < -0.39 is 17.4 Å². The van der Waals surface area contributed by atoms with Crippen LogP contribution in [-0.4, -0.2) is 81.5 Å². The topological polar surface area (TPSA) is 229 Å². The number of carbonyl (C=O) groups excluding carboxylic acids is 3. The molecule has 0 aromatic heterocycles. The van der Waals surface area contributed by atoms with Crippen molar-refractivity contribution >= 4 is 51.1 Å². The van der Waals surface area contributed by atoms with E-state index in [0.29, 0.717) is 28.2 Å². The van der Waals surface area contributed by atoms with Crippen LogP contribution in [0.2, 0.25) is 0 Å². The fourth-order valence-electron chi connectivity index (χ4n) is 6.05. The van der Waals surface area contributed by atoms with Crippen molar-refractivity contribution in [3.8, 4) is 23.6 Å². The van der Waals surface area contributed by atoms with Crippen molar-refractivity contribution < 1.29 is 119 Å². The van der Waals surface area contributed by atoms with Crippen LogP contribution in [0.3, 0.4) is 0 Å². The summed E-state index contributed by atoms with van der Waals surface area (Å²) in [5.74, 6) is -0.00921. The summed E-state index contributed by atoms with van der Waals surface area (Å²) in [7, 11) is 4.44. The number of hydrogen-bond donors (Lipinski definition) is 3. The molecule has 6 rings (SSSR count). The van der Waals surface area contributed by atoms with Gasteiger partial charge in [-0.2, -0.15) is 10.5 Å². The molecular formula is C54H56N2Na2O12. The molecule has 0 bridgehead atoms. The average Bonchev–Trinajstić information content (AvgIpc) is 3.38. The molecule has 16 heteroatoms. The predicted molar refractivity (Wildman–Crippen MR) is 257 cm³/mol. The summed E-state index contributed by atoms with van der Waals surface area (Å²) in [6, 6.07) is 45.9. The first-order valence-electron chi connectivity index (χ1n) is 21.0. The molecule has 6 aromatic carbocycles. The molecule has 0 radical (unpaired) electrons. The van der Waals surface area contributed by atoms with Gasteiger partial charge in [0.1, 0.15) is 34.8 Å².